The molecular weight excluding hydrogens is 320 g/mol. The van der Waals surface area contributed by atoms with Crippen molar-refractivity contribution in [2.24, 2.45) is 11.7 Å². The molecule has 2 N–H and O–H groups in total. The van der Waals surface area contributed by atoms with Crippen molar-refractivity contribution < 1.29 is 14.1 Å². The number of nitrogens with two attached hydrogens (primary N) is 1. The van der Waals surface area contributed by atoms with Crippen LogP contribution in [0.3, 0.4) is 0 Å². The van der Waals surface area contributed by atoms with E-state index in [4.69, 9.17) is 10.3 Å². The monoisotopic (exact) mass is 342 g/mol. The number of hydrogen-bond donors (Lipinski definition) is 1. The van der Waals surface area contributed by atoms with E-state index in [-0.39, 0.29) is 23.1 Å². The van der Waals surface area contributed by atoms with E-state index < -0.39 is 0 Å². The van der Waals surface area contributed by atoms with Gasteiger partial charge in [-0.15, -0.1) is 0 Å². The molecule has 1 fully saturated rings. The van der Waals surface area contributed by atoms with Crippen molar-refractivity contribution in [1.82, 2.24) is 15.0 Å². The third-order valence-electron chi connectivity index (χ3n) is 4.36. The molecule has 1 aromatic carbocycles. The number of primary amides is 1. The largest absolute Gasteiger partial charge is 0.369 e. The SMILES string of the molecule is CC(C)(C)c1noc(-c2ccccc2C(=O)N2CC[C@H](C(N)=O)C2)n1. The van der Waals surface area contributed by atoms with Gasteiger partial charge in [0.15, 0.2) is 5.82 Å². The zero-order valence-electron chi connectivity index (χ0n) is 14.7. The molecule has 2 amide bonds. The van der Waals surface area contributed by atoms with Crippen LogP contribution in [-0.4, -0.2) is 39.9 Å². The molecule has 0 bridgehead atoms. The minimum absolute atomic E-state index is 0.158. The highest BCUT2D eigenvalue weighted by molar-refractivity contribution is 6.00. The first-order chi connectivity index (χ1) is 11.8. The Kier molecular flexibility index (Phi) is 4.32. The molecule has 0 unspecified atom stereocenters. The molecule has 1 aromatic heterocycles. The smallest absolute Gasteiger partial charge is 0.258 e. The number of carbonyl (C=O) groups excluding carboxylic acids is 2. The number of nitrogens with zero attached hydrogens (tertiary/aromatic N) is 3. The highest BCUT2D eigenvalue weighted by atomic mass is 16.5. The minimum Gasteiger partial charge on any atom is -0.369 e. The van der Waals surface area contributed by atoms with Crippen molar-refractivity contribution in [3.8, 4) is 11.5 Å². The van der Waals surface area contributed by atoms with E-state index in [0.29, 0.717) is 42.4 Å². The topological polar surface area (TPSA) is 102 Å². The summed E-state index contributed by atoms with van der Waals surface area (Å²) in [6, 6.07) is 7.13. The molecule has 2 aromatic rings. The maximum atomic E-state index is 12.9. The van der Waals surface area contributed by atoms with Gasteiger partial charge in [-0.25, -0.2) is 0 Å². The first kappa shape index (κ1) is 17.1. The molecule has 0 spiro atoms. The molecule has 1 aliphatic rings. The molecular formula is C18H22N4O3. The summed E-state index contributed by atoms with van der Waals surface area (Å²) in [6.45, 7) is 6.84. The lowest BCUT2D eigenvalue weighted by Gasteiger charge is -2.17. The first-order valence-corrected chi connectivity index (χ1v) is 8.29. The van der Waals surface area contributed by atoms with Gasteiger partial charge in [-0.3, -0.25) is 9.59 Å². The van der Waals surface area contributed by atoms with Crippen LogP contribution in [0.1, 0.15) is 43.4 Å². The summed E-state index contributed by atoms with van der Waals surface area (Å²) in [6.07, 6.45) is 0.595. The quantitative estimate of drug-likeness (QED) is 0.919. The molecule has 0 aliphatic carbocycles. The average Bonchev–Trinajstić information content (AvgIpc) is 3.23. The van der Waals surface area contributed by atoms with Crippen LogP contribution in [0.2, 0.25) is 0 Å². The molecule has 7 heteroatoms. The normalized spacial score (nSPS) is 17.7. The fraction of sp³-hybridized carbons (Fsp3) is 0.444. The first-order valence-electron chi connectivity index (χ1n) is 8.29. The van der Waals surface area contributed by atoms with E-state index in [1.807, 2.05) is 26.8 Å². The van der Waals surface area contributed by atoms with E-state index >= 15 is 0 Å². The fourth-order valence-corrected chi connectivity index (χ4v) is 2.84. The Morgan fingerprint density at radius 2 is 2.00 bits per heavy atom. The van der Waals surface area contributed by atoms with Crippen LogP contribution < -0.4 is 5.73 Å². The van der Waals surface area contributed by atoms with Crippen molar-refractivity contribution in [2.75, 3.05) is 13.1 Å². The molecule has 0 saturated carbocycles. The standard InChI is InChI=1S/C18H22N4O3/c1-18(2,3)17-20-15(25-21-17)12-6-4-5-7-13(12)16(24)22-9-8-11(10-22)14(19)23/h4-7,11H,8-10H2,1-3H3,(H2,19,23)/t11-/m0/s1. The second-order valence-electron chi connectivity index (χ2n) is 7.36. The van der Waals surface area contributed by atoms with Gasteiger partial charge in [0, 0.05) is 18.5 Å². The minimum atomic E-state index is -0.365. The average molecular weight is 342 g/mol. The van der Waals surface area contributed by atoms with Gasteiger partial charge in [0.2, 0.25) is 5.91 Å². The maximum absolute atomic E-state index is 12.9. The predicted molar refractivity (Wildman–Crippen MR) is 91.6 cm³/mol. The van der Waals surface area contributed by atoms with Crippen LogP contribution in [0.25, 0.3) is 11.5 Å². The van der Waals surface area contributed by atoms with E-state index in [2.05, 4.69) is 10.1 Å². The predicted octanol–water partition coefficient (Wildman–Crippen LogP) is 1.98. The van der Waals surface area contributed by atoms with Gasteiger partial charge < -0.3 is 15.2 Å². The Bertz CT molecular complexity index is 807. The Morgan fingerprint density at radius 3 is 2.60 bits per heavy atom. The lowest BCUT2D eigenvalue weighted by Crippen LogP contribution is -2.32. The van der Waals surface area contributed by atoms with Crippen molar-refractivity contribution in [3.05, 3.63) is 35.7 Å². The number of benzene rings is 1. The Hall–Kier alpha value is -2.70. The zero-order chi connectivity index (χ0) is 18.2. The Labute approximate surface area is 146 Å². The summed E-state index contributed by atoms with van der Waals surface area (Å²) in [5.41, 5.74) is 6.19. The highest BCUT2D eigenvalue weighted by Crippen LogP contribution is 2.28. The van der Waals surface area contributed by atoms with Gasteiger partial charge in [-0.2, -0.15) is 4.98 Å². The number of carbonyl (C=O) groups is 2. The summed E-state index contributed by atoms with van der Waals surface area (Å²) in [5, 5.41) is 4.02. The number of aromatic nitrogens is 2. The van der Waals surface area contributed by atoms with Crippen LogP contribution in [0.5, 0.6) is 0 Å². The number of amides is 2. The molecule has 1 saturated heterocycles. The fourth-order valence-electron chi connectivity index (χ4n) is 2.84. The summed E-state index contributed by atoms with van der Waals surface area (Å²) in [7, 11) is 0. The van der Waals surface area contributed by atoms with Crippen molar-refractivity contribution >= 4 is 11.8 Å². The lowest BCUT2D eigenvalue weighted by atomic mass is 9.96. The van der Waals surface area contributed by atoms with Crippen LogP contribution in [0.15, 0.2) is 28.8 Å². The van der Waals surface area contributed by atoms with Gasteiger partial charge >= 0.3 is 0 Å². The highest BCUT2D eigenvalue weighted by Gasteiger charge is 2.32. The second-order valence-corrected chi connectivity index (χ2v) is 7.36. The van der Waals surface area contributed by atoms with Crippen LogP contribution >= 0.6 is 0 Å². The summed E-state index contributed by atoms with van der Waals surface area (Å²) < 4.78 is 5.38. The van der Waals surface area contributed by atoms with Gasteiger partial charge in [0.1, 0.15) is 0 Å². The number of likely N-dealkylation sites (tertiary alicyclic amines) is 1. The van der Waals surface area contributed by atoms with Crippen molar-refractivity contribution in [1.29, 1.82) is 0 Å². The van der Waals surface area contributed by atoms with E-state index in [1.165, 1.54) is 0 Å². The zero-order valence-corrected chi connectivity index (χ0v) is 14.7. The Morgan fingerprint density at radius 1 is 1.28 bits per heavy atom. The van der Waals surface area contributed by atoms with E-state index in [1.54, 1.807) is 23.1 Å². The summed E-state index contributed by atoms with van der Waals surface area (Å²) >= 11 is 0. The van der Waals surface area contributed by atoms with Gasteiger partial charge in [-0.05, 0) is 18.6 Å². The van der Waals surface area contributed by atoms with Crippen molar-refractivity contribution in [3.63, 3.8) is 0 Å². The summed E-state index contributed by atoms with van der Waals surface area (Å²) in [5.74, 6) is 0.0939. The van der Waals surface area contributed by atoms with Gasteiger partial charge in [0.05, 0.1) is 17.0 Å². The Balaban J connectivity index is 1.90. The molecule has 25 heavy (non-hydrogen) atoms. The van der Waals surface area contributed by atoms with E-state index in [9.17, 15) is 9.59 Å². The number of rotatable bonds is 3. The second kappa shape index (κ2) is 6.31. The van der Waals surface area contributed by atoms with Crippen LogP contribution in [-0.2, 0) is 10.2 Å². The van der Waals surface area contributed by atoms with Crippen molar-refractivity contribution in [2.45, 2.75) is 32.6 Å². The third kappa shape index (κ3) is 3.40. The third-order valence-corrected chi connectivity index (χ3v) is 4.36. The van der Waals surface area contributed by atoms with Gasteiger partial charge in [-0.1, -0.05) is 38.1 Å². The molecule has 1 atom stereocenters. The van der Waals surface area contributed by atoms with E-state index in [0.717, 1.165) is 0 Å². The number of hydrogen-bond acceptors (Lipinski definition) is 5. The lowest BCUT2D eigenvalue weighted by molar-refractivity contribution is -0.121. The van der Waals surface area contributed by atoms with Crippen LogP contribution in [0, 0.1) is 5.92 Å². The van der Waals surface area contributed by atoms with Crippen LogP contribution in [0.4, 0.5) is 0 Å². The molecule has 1 aliphatic heterocycles. The maximum Gasteiger partial charge on any atom is 0.258 e. The molecule has 3 rings (SSSR count). The molecule has 7 nitrogen and oxygen atoms in total. The summed E-state index contributed by atoms with van der Waals surface area (Å²) in [4.78, 5) is 30.3. The van der Waals surface area contributed by atoms with Gasteiger partial charge in [0.25, 0.3) is 11.8 Å². The molecule has 0 radical (unpaired) electrons. The molecule has 2 heterocycles. The molecule has 132 valence electrons.